The summed E-state index contributed by atoms with van der Waals surface area (Å²) in [6.45, 7) is 1.79. The van der Waals surface area contributed by atoms with Gasteiger partial charge in [0.25, 0.3) is 5.91 Å². The Kier molecular flexibility index (Phi) is 6.25. The van der Waals surface area contributed by atoms with Crippen molar-refractivity contribution in [2.45, 2.75) is 13.3 Å². The van der Waals surface area contributed by atoms with Gasteiger partial charge in [0.2, 0.25) is 0 Å². The molecule has 1 aliphatic rings. The average molecular weight is 411 g/mol. The summed E-state index contributed by atoms with van der Waals surface area (Å²) in [6, 6.07) is 6.01. The highest BCUT2D eigenvalue weighted by Gasteiger charge is 2.35. The number of amides is 1. The molecule has 1 N–H and O–H groups in total. The largest absolute Gasteiger partial charge is 0.469 e. The Labute approximate surface area is 173 Å². The Morgan fingerprint density at radius 3 is 2.73 bits per heavy atom. The van der Waals surface area contributed by atoms with Crippen molar-refractivity contribution < 1.29 is 23.5 Å². The van der Waals surface area contributed by atoms with Crippen molar-refractivity contribution in [2.75, 3.05) is 7.11 Å². The number of halogens is 1. The van der Waals surface area contributed by atoms with Gasteiger partial charge in [-0.3, -0.25) is 19.1 Å². The third-order valence-corrected chi connectivity index (χ3v) is 4.98. The van der Waals surface area contributed by atoms with E-state index in [0.29, 0.717) is 6.42 Å². The van der Waals surface area contributed by atoms with Gasteiger partial charge in [-0.25, -0.2) is 4.39 Å². The van der Waals surface area contributed by atoms with Crippen molar-refractivity contribution in [3.05, 3.63) is 65.8 Å². The van der Waals surface area contributed by atoms with Gasteiger partial charge in [0.1, 0.15) is 11.5 Å². The number of rotatable bonds is 6. The van der Waals surface area contributed by atoms with Crippen LogP contribution in [0.2, 0.25) is 0 Å². The number of carbonyl (C=O) groups excluding carboxylic acids is 3. The molecule has 0 saturated carbocycles. The smallest absolute Gasteiger partial charge is 0.309 e. The molecule has 0 spiro atoms. The fourth-order valence-electron chi connectivity index (χ4n) is 3.46. The van der Waals surface area contributed by atoms with Crippen LogP contribution in [0.3, 0.4) is 0 Å². The molecule has 8 heteroatoms. The normalized spacial score (nSPS) is 16.7. The number of ether oxygens (including phenoxy) is 1. The highest BCUT2D eigenvalue weighted by Crippen LogP contribution is 2.27. The van der Waals surface area contributed by atoms with E-state index in [-0.39, 0.29) is 28.3 Å². The number of ketones is 1. The number of aryl methyl sites for hydroxylation is 1. The molecule has 2 unspecified atom stereocenters. The minimum Gasteiger partial charge on any atom is -0.469 e. The van der Waals surface area contributed by atoms with E-state index in [1.165, 1.54) is 36.2 Å². The zero-order valence-corrected chi connectivity index (χ0v) is 16.9. The zero-order chi connectivity index (χ0) is 21.8. The number of Topliss-reactive ketones (excluding diaryl/α,β-unsaturated/α-hetero) is 1. The second-order valence-corrected chi connectivity index (χ2v) is 6.89. The maximum atomic E-state index is 14.2. The number of methoxy groups -OCH3 is 1. The molecule has 0 saturated heterocycles. The summed E-state index contributed by atoms with van der Waals surface area (Å²) in [7, 11) is 2.89. The maximum Gasteiger partial charge on any atom is 0.309 e. The number of esters is 1. The van der Waals surface area contributed by atoms with Crippen LogP contribution in [0.5, 0.6) is 0 Å². The van der Waals surface area contributed by atoms with Gasteiger partial charge in [-0.2, -0.15) is 5.10 Å². The number of nitrogens with one attached hydrogen (secondary N) is 1. The molecular formula is C22H22FN3O4. The van der Waals surface area contributed by atoms with Crippen LogP contribution in [0.1, 0.15) is 23.7 Å². The fourth-order valence-corrected chi connectivity index (χ4v) is 3.46. The predicted octanol–water partition coefficient (Wildman–Crippen LogP) is 2.79. The molecule has 3 rings (SSSR count). The van der Waals surface area contributed by atoms with Crippen LogP contribution in [-0.2, 0) is 21.4 Å². The molecule has 0 radical (unpaired) electrons. The van der Waals surface area contributed by atoms with E-state index in [1.54, 1.807) is 38.3 Å². The number of nitrogens with zero attached hydrogens (tertiary/aromatic N) is 2. The number of aromatic nitrogens is 2. The predicted molar refractivity (Wildman–Crippen MR) is 108 cm³/mol. The lowest BCUT2D eigenvalue weighted by molar-refractivity contribution is -0.148. The summed E-state index contributed by atoms with van der Waals surface area (Å²) < 4.78 is 20.4. The summed E-state index contributed by atoms with van der Waals surface area (Å²) >= 11 is 0. The van der Waals surface area contributed by atoms with Gasteiger partial charge < -0.3 is 10.1 Å². The minimum atomic E-state index is -0.734. The van der Waals surface area contributed by atoms with Crippen molar-refractivity contribution in [3.8, 4) is 11.3 Å². The lowest BCUT2D eigenvalue weighted by Gasteiger charge is -2.23. The molecule has 0 fully saturated rings. The molecule has 1 aromatic heterocycles. The Balaban J connectivity index is 1.86. The van der Waals surface area contributed by atoms with Crippen molar-refractivity contribution in [3.63, 3.8) is 0 Å². The van der Waals surface area contributed by atoms with Crippen molar-refractivity contribution in [1.29, 1.82) is 0 Å². The summed E-state index contributed by atoms with van der Waals surface area (Å²) in [6.07, 6.45) is 6.59. The first-order valence-electron chi connectivity index (χ1n) is 9.47. The third kappa shape index (κ3) is 4.07. The van der Waals surface area contributed by atoms with E-state index in [1.807, 2.05) is 0 Å². The van der Waals surface area contributed by atoms with Crippen LogP contribution in [0.4, 0.5) is 4.39 Å². The van der Waals surface area contributed by atoms with Gasteiger partial charge in [0.15, 0.2) is 5.78 Å². The summed E-state index contributed by atoms with van der Waals surface area (Å²) in [5.41, 5.74) is 0.535. The molecular weight excluding hydrogens is 389 g/mol. The Morgan fingerprint density at radius 1 is 1.33 bits per heavy atom. The highest BCUT2D eigenvalue weighted by molar-refractivity contribution is 6.08. The molecule has 156 valence electrons. The monoisotopic (exact) mass is 411 g/mol. The van der Waals surface area contributed by atoms with Crippen LogP contribution >= 0.6 is 0 Å². The van der Waals surface area contributed by atoms with Gasteiger partial charge in [0, 0.05) is 18.8 Å². The standard InChI is InChI=1S/C22H22FN3O4/c1-4-13(22(29)30-3)14-9-7-11-18(20(14)27)24-21(28)16-12-26(2)25-19(16)15-8-5-6-10-17(15)23/h5-14H,4H2,1-3H3,(H,24,28). The van der Waals surface area contributed by atoms with Crippen molar-refractivity contribution in [2.24, 2.45) is 18.9 Å². The zero-order valence-electron chi connectivity index (χ0n) is 16.9. The van der Waals surface area contributed by atoms with E-state index >= 15 is 0 Å². The van der Waals surface area contributed by atoms with E-state index in [2.05, 4.69) is 10.4 Å². The van der Waals surface area contributed by atoms with E-state index in [9.17, 15) is 18.8 Å². The lowest BCUT2D eigenvalue weighted by Crippen LogP contribution is -2.37. The van der Waals surface area contributed by atoms with Crippen molar-refractivity contribution >= 4 is 17.7 Å². The van der Waals surface area contributed by atoms with E-state index in [4.69, 9.17) is 4.74 Å². The number of benzene rings is 1. The number of hydrogen-bond acceptors (Lipinski definition) is 5. The Bertz CT molecular complexity index is 1050. The van der Waals surface area contributed by atoms with Crippen LogP contribution < -0.4 is 5.32 Å². The third-order valence-electron chi connectivity index (χ3n) is 4.98. The van der Waals surface area contributed by atoms with Crippen molar-refractivity contribution in [1.82, 2.24) is 15.1 Å². The molecule has 0 aliphatic heterocycles. The SMILES string of the molecule is CCC(C(=O)OC)C1C=CC=C(NC(=O)c2cn(C)nc2-c2ccccc2F)C1=O. The van der Waals surface area contributed by atoms with Gasteiger partial charge in [-0.05, 0) is 24.6 Å². The molecule has 2 aromatic rings. The second-order valence-electron chi connectivity index (χ2n) is 6.89. The molecule has 1 amide bonds. The fraction of sp³-hybridized carbons (Fsp3) is 0.273. The van der Waals surface area contributed by atoms with Gasteiger partial charge >= 0.3 is 5.97 Å². The molecule has 7 nitrogen and oxygen atoms in total. The number of allylic oxidation sites excluding steroid dienone is 4. The molecule has 30 heavy (non-hydrogen) atoms. The molecule has 1 aliphatic carbocycles. The molecule has 1 heterocycles. The first-order valence-corrected chi connectivity index (χ1v) is 9.47. The highest BCUT2D eigenvalue weighted by atomic mass is 19.1. The van der Waals surface area contributed by atoms with Crippen LogP contribution in [-0.4, -0.2) is 34.6 Å². The number of hydrogen-bond donors (Lipinski definition) is 1. The van der Waals surface area contributed by atoms with Gasteiger partial charge in [-0.15, -0.1) is 0 Å². The summed E-state index contributed by atoms with van der Waals surface area (Å²) in [4.78, 5) is 37.8. The van der Waals surface area contributed by atoms with Crippen LogP contribution in [0.15, 0.2) is 54.4 Å². The number of carbonyl (C=O) groups is 3. The summed E-state index contributed by atoms with van der Waals surface area (Å²) in [5.74, 6) is -3.36. The lowest BCUT2D eigenvalue weighted by atomic mass is 9.83. The quantitative estimate of drug-likeness (QED) is 0.739. The first kappa shape index (κ1) is 21.2. The Morgan fingerprint density at radius 2 is 2.07 bits per heavy atom. The van der Waals surface area contributed by atoms with E-state index < -0.39 is 29.5 Å². The van der Waals surface area contributed by atoms with Crippen LogP contribution in [0.25, 0.3) is 11.3 Å². The summed E-state index contributed by atoms with van der Waals surface area (Å²) in [5, 5.41) is 6.79. The van der Waals surface area contributed by atoms with Gasteiger partial charge in [0.05, 0.1) is 30.2 Å². The second kappa shape index (κ2) is 8.86. The Hall–Kier alpha value is -3.55. The molecule has 1 aromatic carbocycles. The van der Waals surface area contributed by atoms with Gasteiger partial charge in [-0.1, -0.05) is 31.2 Å². The topological polar surface area (TPSA) is 90.3 Å². The van der Waals surface area contributed by atoms with Crippen LogP contribution in [0, 0.1) is 17.7 Å². The first-order chi connectivity index (χ1) is 14.4. The minimum absolute atomic E-state index is 0.0539. The van der Waals surface area contributed by atoms with E-state index in [0.717, 1.165) is 0 Å². The molecule has 0 bridgehead atoms. The maximum absolute atomic E-state index is 14.2. The molecule has 2 atom stereocenters. The average Bonchev–Trinajstić information content (AvgIpc) is 3.12.